The number of hydrogen-bond acceptors (Lipinski definition) is 3. The van der Waals surface area contributed by atoms with Gasteiger partial charge in [0.15, 0.2) is 0 Å². The van der Waals surface area contributed by atoms with Crippen LogP contribution >= 0.6 is 23.4 Å². The molecule has 2 nitrogen and oxygen atoms in total. The molecule has 0 radical (unpaired) electrons. The summed E-state index contributed by atoms with van der Waals surface area (Å²) in [5.41, 5.74) is 0. The summed E-state index contributed by atoms with van der Waals surface area (Å²) >= 11 is 7.50. The summed E-state index contributed by atoms with van der Waals surface area (Å²) in [5, 5.41) is 0.578. The van der Waals surface area contributed by atoms with Crippen LogP contribution in [0, 0.1) is 0 Å². The van der Waals surface area contributed by atoms with Gasteiger partial charge in [-0.25, -0.2) is 0 Å². The van der Waals surface area contributed by atoms with Crippen molar-refractivity contribution in [2.75, 3.05) is 0 Å². The molecule has 1 aromatic carbocycles. The van der Waals surface area contributed by atoms with Gasteiger partial charge in [0, 0.05) is 11.3 Å². The molecule has 1 saturated heterocycles. The molecule has 2 unspecified atom stereocenters. The number of carbonyl (C=O) groups is 1. The normalized spacial score (nSPS) is 25.3. The summed E-state index contributed by atoms with van der Waals surface area (Å²) in [6.07, 6.45) is 0.784. The van der Waals surface area contributed by atoms with Crippen LogP contribution in [0.2, 0.25) is 5.02 Å². The van der Waals surface area contributed by atoms with Crippen molar-refractivity contribution in [3.05, 3.63) is 29.3 Å². The minimum absolute atomic E-state index is 0.0255. The van der Waals surface area contributed by atoms with E-state index in [9.17, 15) is 4.79 Å². The van der Waals surface area contributed by atoms with Gasteiger partial charge in [0.2, 0.25) is 0 Å². The first-order valence-electron chi connectivity index (χ1n) is 4.78. The molecule has 0 amide bonds. The summed E-state index contributed by atoms with van der Waals surface area (Å²) in [6.45, 7) is 1.91. The van der Waals surface area contributed by atoms with E-state index in [0.29, 0.717) is 5.02 Å². The molecule has 1 aromatic rings. The Balaban J connectivity index is 2.09. The fourth-order valence-electron chi connectivity index (χ4n) is 1.51. The van der Waals surface area contributed by atoms with Gasteiger partial charge in [-0.15, -0.1) is 11.8 Å². The molecule has 80 valence electrons. The van der Waals surface area contributed by atoms with E-state index in [1.165, 1.54) is 11.8 Å². The molecule has 1 aliphatic rings. The highest BCUT2D eigenvalue weighted by atomic mass is 35.5. The number of rotatable bonds is 2. The lowest BCUT2D eigenvalue weighted by Crippen LogP contribution is -2.09. The van der Waals surface area contributed by atoms with Crippen molar-refractivity contribution in [1.82, 2.24) is 0 Å². The van der Waals surface area contributed by atoms with E-state index in [0.717, 1.165) is 11.3 Å². The Morgan fingerprint density at radius 3 is 2.80 bits per heavy atom. The highest BCUT2D eigenvalue weighted by Crippen LogP contribution is 2.35. The fraction of sp³-hybridized carbons (Fsp3) is 0.364. The highest BCUT2D eigenvalue weighted by molar-refractivity contribution is 8.00. The van der Waals surface area contributed by atoms with Gasteiger partial charge in [-0.05, 0) is 19.1 Å². The molecule has 1 heterocycles. The summed E-state index contributed by atoms with van der Waals surface area (Å²) < 4.78 is 5.08. The van der Waals surface area contributed by atoms with Crippen molar-refractivity contribution < 1.29 is 9.53 Å². The molecule has 0 bridgehead atoms. The van der Waals surface area contributed by atoms with Crippen molar-refractivity contribution in [1.29, 1.82) is 0 Å². The van der Waals surface area contributed by atoms with E-state index in [4.69, 9.17) is 16.3 Å². The van der Waals surface area contributed by atoms with Crippen LogP contribution in [0.4, 0.5) is 0 Å². The van der Waals surface area contributed by atoms with Crippen LogP contribution in [0.1, 0.15) is 13.3 Å². The van der Waals surface area contributed by atoms with Gasteiger partial charge in [0.1, 0.15) is 11.4 Å². The van der Waals surface area contributed by atoms with E-state index in [-0.39, 0.29) is 17.3 Å². The zero-order chi connectivity index (χ0) is 10.8. The molecule has 15 heavy (non-hydrogen) atoms. The van der Waals surface area contributed by atoms with Crippen LogP contribution in [-0.2, 0) is 9.53 Å². The highest BCUT2D eigenvalue weighted by Gasteiger charge is 2.32. The zero-order valence-corrected chi connectivity index (χ0v) is 9.85. The third-order valence-corrected chi connectivity index (χ3v) is 3.95. The lowest BCUT2D eigenvalue weighted by atomic mass is 10.3. The summed E-state index contributed by atoms with van der Waals surface area (Å²) in [7, 11) is 0. The molecule has 0 aliphatic carbocycles. The number of hydrogen-bond donors (Lipinski definition) is 0. The lowest BCUT2D eigenvalue weighted by Gasteiger charge is -2.06. The first-order valence-corrected chi connectivity index (χ1v) is 6.04. The molecule has 1 fully saturated rings. The Labute approximate surface area is 98.0 Å². The maximum atomic E-state index is 11.4. The first-order chi connectivity index (χ1) is 7.16. The number of carbonyl (C=O) groups excluding carboxylic acids is 1. The van der Waals surface area contributed by atoms with Crippen LogP contribution in [0.15, 0.2) is 29.2 Å². The molecular formula is C11H11ClO2S. The lowest BCUT2D eigenvalue weighted by molar-refractivity contribution is -0.140. The molecule has 2 rings (SSSR count). The SMILES string of the molecule is CC1CC(Sc2ccccc2Cl)C(=O)O1. The Morgan fingerprint density at radius 1 is 1.47 bits per heavy atom. The standard InChI is InChI=1S/C11H11ClO2S/c1-7-6-10(11(13)14-7)15-9-5-3-2-4-8(9)12/h2-5,7,10H,6H2,1H3. The fourth-order valence-corrected chi connectivity index (χ4v) is 2.94. The van der Waals surface area contributed by atoms with Crippen molar-refractivity contribution in [3.8, 4) is 0 Å². The predicted octanol–water partition coefficient (Wildman–Crippen LogP) is 3.14. The topological polar surface area (TPSA) is 26.3 Å². The maximum Gasteiger partial charge on any atom is 0.319 e. The summed E-state index contributed by atoms with van der Waals surface area (Å²) in [5.74, 6) is -0.132. The van der Waals surface area contributed by atoms with Gasteiger partial charge in [-0.2, -0.15) is 0 Å². The average Bonchev–Trinajstić information content (AvgIpc) is 2.49. The molecule has 0 saturated carbocycles. The second-order valence-electron chi connectivity index (χ2n) is 3.52. The third-order valence-electron chi connectivity index (χ3n) is 2.23. The number of ether oxygens (including phenoxy) is 1. The van der Waals surface area contributed by atoms with Crippen molar-refractivity contribution >= 4 is 29.3 Å². The number of benzene rings is 1. The average molecular weight is 243 g/mol. The Morgan fingerprint density at radius 2 is 2.20 bits per heavy atom. The molecule has 0 aromatic heterocycles. The molecule has 0 N–H and O–H groups in total. The van der Waals surface area contributed by atoms with Crippen LogP contribution < -0.4 is 0 Å². The van der Waals surface area contributed by atoms with Crippen molar-refractivity contribution in [2.45, 2.75) is 29.6 Å². The van der Waals surface area contributed by atoms with Gasteiger partial charge in [0.25, 0.3) is 0 Å². The Bertz CT molecular complexity index is 381. The van der Waals surface area contributed by atoms with E-state index >= 15 is 0 Å². The maximum absolute atomic E-state index is 11.4. The molecule has 1 aliphatic heterocycles. The Hall–Kier alpha value is -0.670. The largest absolute Gasteiger partial charge is 0.462 e. The predicted molar refractivity (Wildman–Crippen MR) is 61.3 cm³/mol. The van der Waals surface area contributed by atoms with Gasteiger partial charge in [0.05, 0.1) is 5.02 Å². The van der Waals surface area contributed by atoms with Crippen molar-refractivity contribution in [2.24, 2.45) is 0 Å². The van der Waals surface area contributed by atoms with Crippen LogP contribution in [0.25, 0.3) is 0 Å². The second-order valence-corrected chi connectivity index (χ2v) is 5.17. The third kappa shape index (κ3) is 2.47. The van der Waals surface area contributed by atoms with E-state index < -0.39 is 0 Å². The monoisotopic (exact) mass is 242 g/mol. The molecule has 4 heteroatoms. The molecule has 2 atom stereocenters. The van der Waals surface area contributed by atoms with Gasteiger partial charge < -0.3 is 4.74 Å². The van der Waals surface area contributed by atoms with Gasteiger partial charge in [-0.1, -0.05) is 23.7 Å². The summed E-state index contributed by atoms with van der Waals surface area (Å²) in [6, 6.07) is 7.54. The van der Waals surface area contributed by atoms with E-state index in [1.807, 2.05) is 31.2 Å². The molecular weight excluding hydrogens is 232 g/mol. The second kappa shape index (κ2) is 4.45. The minimum atomic E-state index is -0.132. The van der Waals surface area contributed by atoms with Gasteiger partial charge >= 0.3 is 5.97 Å². The zero-order valence-electron chi connectivity index (χ0n) is 8.27. The summed E-state index contributed by atoms with van der Waals surface area (Å²) in [4.78, 5) is 12.4. The Kier molecular flexibility index (Phi) is 3.22. The smallest absolute Gasteiger partial charge is 0.319 e. The first kappa shape index (κ1) is 10.8. The van der Waals surface area contributed by atoms with Crippen molar-refractivity contribution in [3.63, 3.8) is 0 Å². The van der Waals surface area contributed by atoms with Crippen LogP contribution in [-0.4, -0.2) is 17.3 Å². The number of esters is 1. The quantitative estimate of drug-likeness (QED) is 0.746. The van der Waals surface area contributed by atoms with E-state index in [2.05, 4.69) is 0 Å². The number of thioether (sulfide) groups is 1. The minimum Gasteiger partial charge on any atom is -0.462 e. The number of cyclic esters (lactones) is 1. The van der Waals surface area contributed by atoms with E-state index in [1.54, 1.807) is 0 Å². The van der Waals surface area contributed by atoms with Gasteiger partial charge in [-0.3, -0.25) is 4.79 Å². The molecule has 0 spiro atoms. The number of halogens is 1. The van der Waals surface area contributed by atoms with Crippen LogP contribution in [0.5, 0.6) is 0 Å². The van der Waals surface area contributed by atoms with Crippen LogP contribution in [0.3, 0.4) is 0 Å².